The van der Waals surface area contributed by atoms with Gasteiger partial charge in [-0.05, 0) is 29.8 Å². The van der Waals surface area contributed by atoms with E-state index in [9.17, 15) is 18.3 Å². The number of hydrogen-bond acceptors (Lipinski definition) is 5. The molecular formula is C19H19F3N4O. The lowest BCUT2D eigenvalue weighted by molar-refractivity contribution is -0.144. The van der Waals surface area contributed by atoms with Crippen LogP contribution in [0.3, 0.4) is 0 Å². The number of benzene rings is 2. The number of alkyl halides is 3. The molecule has 0 aliphatic rings. The zero-order valence-electron chi connectivity index (χ0n) is 14.8. The Balaban J connectivity index is 2.05. The summed E-state index contributed by atoms with van der Waals surface area (Å²) < 4.78 is 39.5. The first-order valence-electron chi connectivity index (χ1n) is 8.28. The maximum absolute atomic E-state index is 13.2. The van der Waals surface area contributed by atoms with Crippen LogP contribution in [0.2, 0.25) is 0 Å². The fourth-order valence-electron chi connectivity index (χ4n) is 2.73. The first-order chi connectivity index (χ1) is 12.8. The normalized spacial score (nSPS) is 12.8. The minimum absolute atomic E-state index is 0.0298. The molecule has 0 fully saturated rings. The van der Waals surface area contributed by atoms with Crippen LogP contribution in [0.25, 0.3) is 10.9 Å². The Kier molecular flexibility index (Phi) is 5.18. The number of aromatic nitrogens is 2. The molecule has 0 unspecified atom stereocenters. The Morgan fingerprint density at radius 1 is 1.07 bits per heavy atom. The van der Waals surface area contributed by atoms with E-state index in [0.29, 0.717) is 5.39 Å². The van der Waals surface area contributed by atoms with E-state index in [4.69, 9.17) is 0 Å². The Morgan fingerprint density at radius 2 is 1.81 bits per heavy atom. The van der Waals surface area contributed by atoms with Crippen LogP contribution in [0.4, 0.5) is 24.7 Å². The van der Waals surface area contributed by atoms with Gasteiger partial charge in [0.2, 0.25) is 5.82 Å². The van der Waals surface area contributed by atoms with Crippen molar-refractivity contribution in [3.63, 3.8) is 0 Å². The molecule has 0 saturated carbocycles. The summed E-state index contributed by atoms with van der Waals surface area (Å²) in [6, 6.07) is 13.2. The van der Waals surface area contributed by atoms with Gasteiger partial charge in [0.15, 0.2) is 0 Å². The molecule has 142 valence electrons. The van der Waals surface area contributed by atoms with E-state index in [2.05, 4.69) is 15.3 Å². The molecule has 2 N–H and O–H groups in total. The van der Waals surface area contributed by atoms with E-state index in [1.165, 1.54) is 6.07 Å². The number of aliphatic hydroxyl groups is 1. The highest BCUT2D eigenvalue weighted by atomic mass is 19.4. The number of fused-ring (bicyclic) bond motifs is 1. The molecule has 0 spiro atoms. The average Bonchev–Trinajstić information content (AvgIpc) is 2.65. The van der Waals surface area contributed by atoms with Crippen molar-refractivity contribution < 1.29 is 18.3 Å². The minimum Gasteiger partial charge on any atom is -0.394 e. The highest BCUT2D eigenvalue weighted by Crippen LogP contribution is 2.32. The summed E-state index contributed by atoms with van der Waals surface area (Å²) in [4.78, 5) is 9.18. The van der Waals surface area contributed by atoms with Gasteiger partial charge in [-0.15, -0.1) is 0 Å². The van der Waals surface area contributed by atoms with Crippen LogP contribution in [-0.2, 0) is 6.18 Å². The highest BCUT2D eigenvalue weighted by Gasteiger charge is 2.35. The zero-order valence-corrected chi connectivity index (χ0v) is 14.8. The van der Waals surface area contributed by atoms with Gasteiger partial charge < -0.3 is 15.3 Å². The summed E-state index contributed by atoms with van der Waals surface area (Å²) in [5, 5.41) is 13.2. The largest absolute Gasteiger partial charge is 0.451 e. The molecule has 3 aromatic rings. The summed E-state index contributed by atoms with van der Waals surface area (Å²) in [6.45, 7) is -0.309. The summed E-state index contributed by atoms with van der Waals surface area (Å²) in [5.41, 5.74) is 1.83. The van der Waals surface area contributed by atoms with Crippen LogP contribution >= 0.6 is 0 Å². The summed E-state index contributed by atoms with van der Waals surface area (Å²) in [6.07, 6.45) is -4.67. The van der Waals surface area contributed by atoms with Crippen LogP contribution < -0.4 is 10.2 Å². The predicted octanol–water partition coefficient (Wildman–Crippen LogP) is 3.86. The van der Waals surface area contributed by atoms with Gasteiger partial charge in [-0.1, -0.05) is 24.3 Å². The smallest absolute Gasteiger partial charge is 0.394 e. The van der Waals surface area contributed by atoms with Gasteiger partial charge >= 0.3 is 6.18 Å². The average molecular weight is 376 g/mol. The van der Waals surface area contributed by atoms with Gasteiger partial charge in [0.05, 0.1) is 18.2 Å². The van der Waals surface area contributed by atoms with Crippen LogP contribution in [-0.4, -0.2) is 35.8 Å². The van der Waals surface area contributed by atoms with Crippen molar-refractivity contribution in [3.05, 3.63) is 59.9 Å². The van der Waals surface area contributed by atoms with Gasteiger partial charge in [0, 0.05) is 25.2 Å². The molecule has 1 heterocycles. The lowest BCUT2D eigenvalue weighted by atomic mass is 10.1. The van der Waals surface area contributed by atoms with Crippen molar-refractivity contribution in [1.29, 1.82) is 0 Å². The number of nitrogens with zero attached hydrogens (tertiary/aromatic N) is 3. The number of hydrogen-bond donors (Lipinski definition) is 2. The van der Waals surface area contributed by atoms with Gasteiger partial charge in [-0.2, -0.15) is 13.2 Å². The Hall–Kier alpha value is -2.87. The monoisotopic (exact) mass is 376 g/mol. The molecule has 5 nitrogen and oxygen atoms in total. The van der Waals surface area contributed by atoms with E-state index >= 15 is 0 Å². The SMILES string of the molecule is CN(C)c1cccc([C@H](CO)Nc2nc(C(F)(F)F)nc3ccccc23)c1. The van der Waals surface area contributed by atoms with Gasteiger partial charge in [-0.25, -0.2) is 9.97 Å². The maximum atomic E-state index is 13.2. The van der Waals surface area contributed by atoms with Crippen molar-refractivity contribution in [3.8, 4) is 0 Å². The van der Waals surface area contributed by atoms with E-state index in [-0.39, 0.29) is 17.9 Å². The summed E-state index contributed by atoms with van der Waals surface area (Å²) >= 11 is 0. The van der Waals surface area contributed by atoms with Gasteiger partial charge in [0.25, 0.3) is 0 Å². The van der Waals surface area contributed by atoms with Crippen LogP contribution in [0, 0.1) is 0 Å². The zero-order chi connectivity index (χ0) is 19.6. The molecule has 0 aliphatic heterocycles. The first-order valence-corrected chi connectivity index (χ1v) is 8.28. The Bertz CT molecular complexity index is 944. The van der Waals surface area contributed by atoms with E-state index < -0.39 is 18.0 Å². The number of halogens is 3. The number of nitrogens with one attached hydrogen (secondary N) is 1. The summed E-state index contributed by atoms with van der Waals surface area (Å²) in [7, 11) is 3.77. The molecule has 0 saturated heterocycles. The molecule has 27 heavy (non-hydrogen) atoms. The third-order valence-corrected chi connectivity index (χ3v) is 4.14. The molecule has 0 aliphatic carbocycles. The number of para-hydroxylation sites is 1. The third-order valence-electron chi connectivity index (χ3n) is 4.14. The topological polar surface area (TPSA) is 61.3 Å². The lowest BCUT2D eigenvalue weighted by Crippen LogP contribution is -2.19. The van der Waals surface area contributed by atoms with E-state index in [1.807, 2.05) is 37.2 Å². The molecule has 0 bridgehead atoms. The molecule has 1 atom stereocenters. The van der Waals surface area contributed by atoms with E-state index in [1.54, 1.807) is 24.3 Å². The molecule has 2 aromatic carbocycles. The standard InChI is InChI=1S/C19H19F3N4O/c1-26(2)13-7-5-6-12(10-13)16(11-27)23-17-14-8-3-4-9-15(14)24-18(25-17)19(20,21)22/h3-10,16,27H,11H2,1-2H3,(H,23,24,25)/t16-/m0/s1. The molecule has 8 heteroatoms. The second-order valence-corrected chi connectivity index (χ2v) is 6.28. The number of aliphatic hydroxyl groups excluding tert-OH is 1. The molecule has 0 amide bonds. The van der Waals surface area contributed by atoms with Crippen molar-refractivity contribution >= 4 is 22.4 Å². The van der Waals surface area contributed by atoms with Crippen molar-refractivity contribution in [2.45, 2.75) is 12.2 Å². The van der Waals surface area contributed by atoms with Crippen molar-refractivity contribution in [2.75, 3.05) is 30.9 Å². The summed E-state index contributed by atoms with van der Waals surface area (Å²) in [5.74, 6) is -1.19. The number of rotatable bonds is 5. The minimum atomic E-state index is -4.67. The fraction of sp³-hybridized carbons (Fsp3) is 0.263. The van der Waals surface area contributed by atoms with Crippen LogP contribution in [0.5, 0.6) is 0 Å². The lowest BCUT2D eigenvalue weighted by Gasteiger charge is -2.21. The fourth-order valence-corrected chi connectivity index (χ4v) is 2.73. The predicted molar refractivity (Wildman–Crippen MR) is 98.8 cm³/mol. The second-order valence-electron chi connectivity index (χ2n) is 6.28. The van der Waals surface area contributed by atoms with Gasteiger partial charge in [-0.3, -0.25) is 0 Å². The third kappa shape index (κ3) is 4.11. The maximum Gasteiger partial charge on any atom is 0.451 e. The van der Waals surface area contributed by atoms with E-state index in [0.717, 1.165) is 11.3 Å². The van der Waals surface area contributed by atoms with Gasteiger partial charge in [0.1, 0.15) is 5.82 Å². The quantitative estimate of drug-likeness (QED) is 0.708. The Morgan fingerprint density at radius 3 is 2.48 bits per heavy atom. The van der Waals surface area contributed by atoms with Crippen LogP contribution in [0.15, 0.2) is 48.5 Å². The Labute approximate surface area is 154 Å². The van der Waals surface area contributed by atoms with Crippen LogP contribution in [0.1, 0.15) is 17.4 Å². The highest BCUT2D eigenvalue weighted by molar-refractivity contribution is 5.89. The number of anilines is 2. The molecule has 1 aromatic heterocycles. The molecule has 3 rings (SSSR count). The van der Waals surface area contributed by atoms with Crippen molar-refractivity contribution in [2.24, 2.45) is 0 Å². The van der Waals surface area contributed by atoms with Crippen molar-refractivity contribution in [1.82, 2.24) is 9.97 Å². The molecular weight excluding hydrogens is 357 g/mol. The first kappa shape index (κ1) is 18.9. The molecule has 0 radical (unpaired) electrons. The second kappa shape index (κ2) is 7.40.